The number of carbonyl (C=O) groups is 2. The van der Waals surface area contributed by atoms with E-state index in [0.29, 0.717) is 5.32 Å². The maximum atomic E-state index is 9.80. The third-order valence-corrected chi connectivity index (χ3v) is 2.25. The van der Waals surface area contributed by atoms with Crippen LogP contribution in [0.3, 0.4) is 0 Å². The van der Waals surface area contributed by atoms with Crippen molar-refractivity contribution in [2.24, 2.45) is 11.5 Å². The fourth-order valence-corrected chi connectivity index (χ4v) is 0.640. The molecule has 104 valence electrons. The molecule has 0 spiro atoms. The van der Waals surface area contributed by atoms with Gasteiger partial charge in [-0.1, -0.05) is 0 Å². The molecule has 0 aromatic rings. The number of thiol groups is 1. The van der Waals surface area contributed by atoms with Crippen LogP contribution in [0.5, 0.6) is 0 Å². The van der Waals surface area contributed by atoms with Crippen LogP contribution >= 0.6 is 21.2 Å². The van der Waals surface area contributed by atoms with Crippen LogP contribution < -0.4 is 11.5 Å². The van der Waals surface area contributed by atoms with Crippen molar-refractivity contribution in [1.82, 2.24) is 0 Å². The molecular weight excluding hydrogens is 465 g/mol. The average Bonchev–Trinajstić information content (AvgIpc) is 2.28. The number of aliphatic carboxylic acids is 2. The molecule has 0 fully saturated rings. The van der Waals surface area contributed by atoms with E-state index >= 15 is 0 Å². The number of hydrogen-bond donors (Lipinski definition) is 5. The third kappa shape index (κ3) is 22.7. The molecule has 17 heavy (non-hydrogen) atoms. The Bertz CT molecular complexity index is 194. The summed E-state index contributed by atoms with van der Waals surface area (Å²) in [5, 5.41) is 16.5. The summed E-state index contributed by atoms with van der Waals surface area (Å²) in [5.74, 6) is -1.76. The molecule has 0 rings (SSSR count). The Morgan fingerprint density at radius 2 is 1.47 bits per heavy atom. The SMILES string of the molecule is N[C@@H](CS)C(=O)O.N[C@@H](C[SeH])C(=O)O.[SeH]S[SeH]. The molecule has 6 nitrogen and oxygen atoms in total. The molecule has 0 aliphatic rings. The van der Waals surface area contributed by atoms with Gasteiger partial charge in [-0.2, -0.15) is 12.6 Å². The molecule has 0 amide bonds. The summed E-state index contributed by atoms with van der Waals surface area (Å²) in [4.78, 5) is 19.6. The summed E-state index contributed by atoms with van der Waals surface area (Å²) >= 11 is 10.5. The van der Waals surface area contributed by atoms with Gasteiger partial charge < -0.3 is 10.8 Å². The van der Waals surface area contributed by atoms with Crippen LogP contribution in [0.4, 0.5) is 0 Å². The summed E-state index contributed by atoms with van der Waals surface area (Å²) in [7, 11) is 1.62. The van der Waals surface area contributed by atoms with Crippen molar-refractivity contribution in [2.45, 2.75) is 17.4 Å². The van der Waals surface area contributed by atoms with Gasteiger partial charge in [-0.05, 0) is 0 Å². The van der Waals surface area contributed by atoms with Crippen molar-refractivity contribution in [2.75, 3.05) is 5.75 Å². The molecule has 0 bridgehead atoms. The summed E-state index contributed by atoms with van der Waals surface area (Å²) in [6.07, 6.45) is 0. The molecule has 0 radical (unpaired) electrons. The average molecular weight is 481 g/mol. The zero-order valence-corrected chi connectivity index (χ0v) is 16.0. The van der Waals surface area contributed by atoms with E-state index < -0.39 is 24.0 Å². The number of rotatable bonds is 4. The summed E-state index contributed by atoms with van der Waals surface area (Å²) < 4.78 is 0. The minimum atomic E-state index is -1.00. The van der Waals surface area contributed by atoms with Gasteiger partial charge in [-0.3, -0.25) is 4.79 Å². The van der Waals surface area contributed by atoms with Crippen molar-refractivity contribution in [3.63, 3.8) is 0 Å². The zero-order chi connectivity index (χ0) is 14.4. The van der Waals surface area contributed by atoms with Crippen molar-refractivity contribution >= 4 is 79.0 Å². The van der Waals surface area contributed by atoms with E-state index in [4.69, 9.17) is 21.7 Å². The van der Waals surface area contributed by atoms with Gasteiger partial charge in [-0.15, -0.1) is 0 Å². The number of hydrogen-bond acceptors (Lipinski definition) is 6. The first kappa shape index (κ1) is 23.2. The van der Waals surface area contributed by atoms with Crippen LogP contribution in [0.15, 0.2) is 0 Å². The van der Waals surface area contributed by atoms with Gasteiger partial charge in [-0.25, -0.2) is 0 Å². The minimum absolute atomic E-state index is 0.190. The van der Waals surface area contributed by atoms with Crippen LogP contribution in [0, 0.1) is 0 Å². The molecule has 0 aliphatic carbocycles. The van der Waals surface area contributed by atoms with Crippen molar-refractivity contribution in [3.05, 3.63) is 0 Å². The molecule has 11 heteroatoms. The monoisotopic (exact) mass is 484 g/mol. The van der Waals surface area contributed by atoms with Gasteiger partial charge >= 0.3 is 93.3 Å². The predicted octanol–water partition coefficient (Wildman–Crippen LogP) is -2.60. The second-order valence-corrected chi connectivity index (χ2v) is 10.00. The first-order valence-corrected chi connectivity index (χ1v) is 11.2. The van der Waals surface area contributed by atoms with Crippen LogP contribution in [0.2, 0.25) is 5.32 Å². The molecule has 0 saturated carbocycles. The van der Waals surface area contributed by atoms with Gasteiger partial charge in [0.2, 0.25) is 0 Å². The summed E-state index contributed by atoms with van der Waals surface area (Å²) in [5.41, 5.74) is 9.94. The zero-order valence-electron chi connectivity index (χ0n) is 8.63. The molecule has 0 aliphatic heterocycles. The number of carboxylic acid groups (broad SMARTS) is 2. The summed E-state index contributed by atoms with van der Waals surface area (Å²) in [6.45, 7) is 0. The van der Waals surface area contributed by atoms with Crippen LogP contribution in [-0.2, 0) is 9.59 Å². The fourth-order valence-electron chi connectivity index (χ4n) is 0.156. The Kier molecular flexibility index (Phi) is 23.4. The van der Waals surface area contributed by atoms with Gasteiger partial charge in [0.1, 0.15) is 6.04 Å². The summed E-state index contributed by atoms with van der Waals surface area (Å²) in [6, 6.07) is -1.52. The predicted molar refractivity (Wildman–Crippen MR) is 78.9 cm³/mol. The normalized spacial score (nSPS) is 12.1. The van der Waals surface area contributed by atoms with E-state index in [1.165, 1.54) is 0 Å². The fraction of sp³-hybridized carbons (Fsp3) is 0.667. The molecule has 0 saturated heterocycles. The Hall–Kier alpha value is 1.12. The van der Waals surface area contributed by atoms with Gasteiger partial charge in [0.05, 0.1) is 0 Å². The van der Waals surface area contributed by atoms with E-state index in [1.54, 1.807) is 8.60 Å². The van der Waals surface area contributed by atoms with E-state index in [2.05, 4.69) is 58.4 Å². The standard InChI is InChI=1S/C3H7NO2S.C3H7NO2Se.H2SSe2/c2*4-2(1-7)3(5)6;2-1-3/h2*2,7H,1,4H2,(H,5,6);2-3H/t2*2-;/m00./s1. The van der Waals surface area contributed by atoms with Gasteiger partial charge in [0.25, 0.3) is 0 Å². The molecule has 0 heterocycles. The number of carboxylic acids is 2. The van der Waals surface area contributed by atoms with Gasteiger partial charge in [0.15, 0.2) is 0 Å². The Morgan fingerprint density at radius 3 is 1.47 bits per heavy atom. The Labute approximate surface area is 132 Å². The second-order valence-electron chi connectivity index (χ2n) is 2.34. The molecule has 0 aromatic carbocycles. The van der Waals surface area contributed by atoms with Crippen molar-refractivity contribution in [1.29, 1.82) is 0 Å². The van der Waals surface area contributed by atoms with E-state index in [0.717, 1.165) is 0 Å². The van der Waals surface area contributed by atoms with E-state index in [9.17, 15) is 9.59 Å². The van der Waals surface area contributed by atoms with Crippen molar-refractivity contribution in [3.8, 4) is 0 Å². The maximum absolute atomic E-state index is 9.80. The van der Waals surface area contributed by atoms with E-state index in [1.807, 2.05) is 0 Å². The van der Waals surface area contributed by atoms with E-state index in [-0.39, 0.29) is 5.75 Å². The first-order chi connectivity index (χ1) is 7.78. The molecule has 2 atom stereocenters. The topological polar surface area (TPSA) is 127 Å². The quantitative estimate of drug-likeness (QED) is 0.220. The number of nitrogens with two attached hydrogens (primary N) is 2. The van der Waals surface area contributed by atoms with Crippen LogP contribution in [0.25, 0.3) is 0 Å². The molecule has 0 unspecified atom stereocenters. The third-order valence-electron chi connectivity index (χ3n) is 1.03. The Balaban J connectivity index is -0.000000188. The molecule has 0 aromatic heterocycles. The Morgan fingerprint density at radius 1 is 1.18 bits per heavy atom. The van der Waals surface area contributed by atoms with Crippen molar-refractivity contribution < 1.29 is 19.8 Å². The van der Waals surface area contributed by atoms with Gasteiger partial charge in [0, 0.05) is 5.75 Å². The molecular formula is C6H16N2O4S2Se3. The second kappa shape index (κ2) is 17.1. The molecule has 6 N–H and O–H groups in total. The first-order valence-electron chi connectivity index (χ1n) is 3.91. The van der Waals surface area contributed by atoms with Crippen LogP contribution in [0.1, 0.15) is 0 Å². The van der Waals surface area contributed by atoms with Crippen LogP contribution in [-0.4, -0.2) is 85.8 Å².